The highest BCUT2D eigenvalue weighted by molar-refractivity contribution is 6.98. The fourth-order valence-electron chi connectivity index (χ4n) is 9.08. The molecule has 56 heavy (non-hydrogen) atoms. The molecule has 1 aromatic heterocycles. The maximum atomic E-state index is 13.1. The van der Waals surface area contributed by atoms with E-state index in [0.717, 1.165) is 60.2 Å². The van der Waals surface area contributed by atoms with Crippen molar-refractivity contribution in [1.29, 1.82) is 0 Å². The summed E-state index contributed by atoms with van der Waals surface area (Å²) in [4.78, 5) is 13.1. The van der Waals surface area contributed by atoms with Crippen molar-refractivity contribution in [1.82, 2.24) is 15.0 Å². The number of benzene rings is 3. The molecule has 3 aromatic carbocycles. The number of hydrogen-bond donors (Lipinski definition) is 1. The van der Waals surface area contributed by atoms with Crippen LogP contribution in [0.25, 0.3) is 11.3 Å². The Bertz CT molecular complexity index is 2090. The predicted molar refractivity (Wildman–Crippen MR) is 231 cm³/mol. The Labute approximate surface area is 335 Å². The largest absolute Gasteiger partial charge is 0.424 e. The van der Waals surface area contributed by atoms with Gasteiger partial charge in [0.2, 0.25) is 5.79 Å². The van der Waals surface area contributed by atoms with Gasteiger partial charge in [-0.2, -0.15) is 0 Å². The van der Waals surface area contributed by atoms with Crippen molar-refractivity contribution < 1.29 is 14.3 Å². The second-order valence-corrected chi connectivity index (χ2v) is 21.2. The van der Waals surface area contributed by atoms with Crippen LogP contribution in [0.15, 0.2) is 155 Å². The van der Waals surface area contributed by atoms with Gasteiger partial charge < -0.3 is 14.3 Å². The fourth-order valence-corrected chi connectivity index (χ4v) is 12.8. The molecule has 4 aromatic rings. The second kappa shape index (κ2) is 16.6. The van der Waals surface area contributed by atoms with Crippen LogP contribution in [0.5, 0.6) is 0 Å². The molecule has 7 heteroatoms. The summed E-state index contributed by atoms with van der Waals surface area (Å²) in [6, 6.07) is 31.0. The van der Waals surface area contributed by atoms with E-state index in [1.807, 2.05) is 35.0 Å². The highest BCUT2D eigenvalue weighted by Gasteiger charge is 2.51. The Hall–Kier alpha value is -4.40. The molecule has 1 aliphatic carbocycles. The molecule has 6 nitrogen and oxygen atoms in total. The Morgan fingerprint density at radius 2 is 1.55 bits per heavy atom. The minimum Gasteiger partial charge on any atom is -0.424 e. The number of allylic oxidation sites excluding steroid dienone is 4. The van der Waals surface area contributed by atoms with Crippen molar-refractivity contribution in [2.45, 2.75) is 116 Å². The van der Waals surface area contributed by atoms with Crippen molar-refractivity contribution in [3.63, 3.8) is 0 Å². The summed E-state index contributed by atoms with van der Waals surface area (Å²) in [5, 5.41) is 10.9. The fraction of sp³-hybridized carbons (Fsp3) is 0.388. The van der Waals surface area contributed by atoms with E-state index in [4.69, 9.17) is 9.47 Å². The molecule has 0 saturated carbocycles. The number of aromatic nitrogens is 3. The van der Waals surface area contributed by atoms with E-state index in [-0.39, 0.29) is 24.2 Å². The number of ether oxygens (including phenoxy) is 2. The molecule has 0 radical (unpaired) electrons. The van der Waals surface area contributed by atoms with Crippen LogP contribution in [0, 0.1) is 5.92 Å². The van der Waals surface area contributed by atoms with E-state index in [1.165, 1.54) is 27.9 Å². The van der Waals surface area contributed by atoms with E-state index >= 15 is 0 Å². The van der Waals surface area contributed by atoms with Gasteiger partial charge in [0.15, 0.2) is 0 Å². The lowest BCUT2D eigenvalue weighted by atomic mass is 9.75. The van der Waals surface area contributed by atoms with Gasteiger partial charge in [-0.25, -0.2) is 4.68 Å². The van der Waals surface area contributed by atoms with Crippen molar-refractivity contribution in [3.05, 3.63) is 155 Å². The van der Waals surface area contributed by atoms with Crippen molar-refractivity contribution in [2.75, 3.05) is 0 Å². The molecular weight excluding hydrogens is 707 g/mol. The summed E-state index contributed by atoms with van der Waals surface area (Å²) in [6.45, 7) is 15.5. The third kappa shape index (κ3) is 8.47. The Morgan fingerprint density at radius 3 is 2.20 bits per heavy atom. The highest BCUT2D eigenvalue weighted by Crippen LogP contribution is 2.49. The molecule has 1 N–H and O–H groups in total. The maximum Gasteiger partial charge on any atom is 0.258 e. The van der Waals surface area contributed by atoms with Crippen LogP contribution in [0.4, 0.5) is 0 Å². The van der Waals surface area contributed by atoms with Crippen molar-refractivity contribution in [2.24, 2.45) is 5.92 Å². The number of hydrogen-bond acceptors (Lipinski definition) is 5. The van der Waals surface area contributed by atoms with Gasteiger partial charge in [-0.3, -0.25) is 0 Å². The topological polar surface area (TPSA) is 69.4 Å². The highest BCUT2D eigenvalue weighted by atomic mass is 28.4. The van der Waals surface area contributed by atoms with Gasteiger partial charge in [0.1, 0.15) is 5.69 Å². The minimum atomic E-state index is -3.22. The normalized spacial score (nSPS) is 24.2. The standard InChI is InChI=1S/C49H59N3O3Si/c1-35(2)18-17-19-36(3)28-41-29-37(4)32-49(54-41)33-40(26-27-48(6,7)56(53,42-22-13-9-14-23-42)43-24-15-10-16-25-43)44-31-46(38(5)30-47(44)55-49)52-34-45(50-51-52)39-20-11-8-12-21-39/h8-16,18,20-25,28,30,32-34,41,44,46-47,53H,17,19,26-27,29,31H2,1-7H3/b36-28+/t41-,44-,46?,47-,49+/m1/s1. The molecule has 1 spiro atoms. The van der Waals surface area contributed by atoms with E-state index in [2.05, 4.69) is 156 Å². The van der Waals surface area contributed by atoms with Gasteiger partial charge in [0.25, 0.3) is 8.32 Å². The summed E-state index contributed by atoms with van der Waals surface area (Å²) in [5.41, 5.74) is 8.41. The van der Waals surface area contributed by atoms with Crippen LogP contribution >= 0.6 is 0 Å². The van der Waals surface area contributed by atoms with Gasteiger partial charge in [0.05, 0.1) is 24.4 Å². The van der Waals surface area contributed by atoms with Crippen LogP contribution in [-0.4, -0.2) is 46.1 Å². The lowest BCUT2D eigenvalue weighted by Gasteiger charge is -2.48. The zero-order valence-electron chi connectivity index (χ0n) is 34.3. The summed E-state index contributed by atoms with van der Waals surface area (Å²) in [5.74, 6) is -0.870. The number of fused-ring (bicyclic) bond motifs is 1. The van der Waals surface area contributed by atoms with Crippen LogP contribution in [0.3, 0.4) is 0 Å². The Morgan fingerprint density at radius 1 is 0.911 bits per heavy atom. The number of rotatable bonds is 12. The smallest absolute Gasteiger partial charge is 0.258 e. The van der Waals surface area contributed by atoms with E-state index < -0.39 is 19.1 Å². The first-order chi connectivity index (χ1) is 26.9. The molecule has 0 saturated heterocycles. The summed E-state index contributed by atoms with van der Waals surface area (Å²) in [6.07, 6.45) is 18.6. The van der Waals surface area contributed by atoms with Crippen LogP contribution in [0.1, 0.15) is 93.0 Å². The molecule has 3 aliphatic rings. The molecular formula is C49H59N3O3Si. The first-order valence-electron chi connectivity index (χ1n) is 20.4. The van der Waals surface area contributed by atoms with Gasteiger partial charge in [0, 0.05) is 11.5 Å². The van der Waals surface area contributed by atoms with Crippen molar-refractivity contribution >= 4 is 18.7 Å². The molecule has 5 atom stereocenters. The molecule has 7 rings (SSSR count). The monoisotopic (exact) mass is 765 g/mol. The zero-order chi connectivity index (χ0) is 39.5. The van der Waals surface area contributed by atoms with Crippen LogP contribution in [0.2, 0.25) is 5.04 Å². The summed E-state index contributed by atoms with van der Waals surface area (Å²) in [7, 11) is -3.22. The Balaban J connectivity index is 1.24. The van der Waals surface area contributed by atoms with E-state index in [0.29, 0.717) is 0 Å². The summed E-state index contributed by atoms with van der Waals surface area (Å²) >= 11 is 0. The van der Waals surface area contributed by atoms with Crippen molar-refractivity contribution in [3.8, 4) is 11.3 Å². The maximum absolute atomic E-state index is 13.1. The van der Waals surface area contributed by atoms with Crippen LogP contribution < -0.4 is 10.4 Å². The molecule has 2 aliphatic heterocycles. The summed E-state index contributed by atoms with van der Waals surface area (Å²) < 4.78 is 16.2. The SMILES string of the molecule is CC(C)=CCC/C(C)=C/[C@@H]1CC(C)=C[C@]2(C=C(CCC(C)(C)[Si](O)(c3ccccc3)c3ccccc3)[C@H]3CC(n4cc(-c5ccccc5)nn4)C(C)=C[C@H]3O2)O1. The molecule has 0 amide bonds. The average Bonchev–Trinajstić information content (AvgIpc) is 3.67. The lowest BCUT2D eigenvalue weighted by Crippen LogP contribution is -2.65. The first-order valence-corrected chi connectivity index (χ1v) is 22.4. The molecule has 3 heterocycles. The number of nitrogens with zero attached hydrogens (tertiary/aromatic N) is 3. The molecule has 0 bridgehead atoms. The first kappa shape index (κ1) is 39.8. The van der Waals surface area contributed by atoms with Gasteiger partial charge in [-0.1, -0.05) is 156 Å². The molecule has 292 valence electrons. The third-order valence-electron chi connectivity index (χ3n) is 12.2. The zero-order valence-corrected chi connectivity index (χ0v) is 35.3. The molecule has 0 fully saturated rings. The lowest BCUT2D eigenvalue weighted by molar-refractivity contribution is -0.225. The Kier molecular flexibility index (Phi) is 11.8. The third-order valence-corrected chi connectivity index (χ3v) is 16.7. The van der Waals surface area contributed by atoms with E-state index in [1.54, 1.807) is 0 Å². The van der Waals surface area contributed by atoms with Gasteiger partial charge >= 0.3 is 0 Å². The quantitative estimate of drug-likeness (QED) is 0.115. The van der Waals surface area contributed by atoms with E-state index in [9.17, 15) is 4.80 Å². The minimum absolute atomic E-state index is 0.0407. The van der Waals surface area contributed by atoms with Gasteiger partial charge in [-0.05, 0) is 101 Å². The average molecular weight is 766 g/mol. The second-order valence-electron chi connectivity index (χ2n) is 17.3. The van der Waals surface area contributed by atoms with Crippen LogP contribution in [-0.2, 0) is 9.47 Å². The molecule has 1 unspecified atom stereocenters. The van der Waals surface area contributed by atoms with Gasteiger partial charge in [-0.15, -0.1) is 5.10 Å². The predicted octanol–water partition coefficient (Wildman–Crippen LogP) is 10.2.